The summed E-state index contributed by atoms with van der Waals surface area (Å²) >= 11 is 0. The van der Waals surface area contributed by atoms with Crippen LogP contribution in [0.3, 0.4) is 0 Å². The number of hydrogen-bond acceptors (Lipinski definition) is 6. The van der Waals surface area contributed by atoms with E-state index in [0.717, 1.165) is 0 Å². The number of carbonyl (C=O) groups is 2. The summed E-state index contributed by atoms with van der Waals surface area (Å²) < 4.78 is 10.6. The summed E-state index contributed by atoms with van der Waals surface area (Å²) in [6.45, 7) is 12.0. The zero-order valence-electron chi connectivity index (χ0n) is 17.1. The van der Waals surface area contributed by atoms with Crippen LogP contribution in [-0.4, -0.2) is 60.2 Å². The van der Waals surface area contributed by atoms with Gasteiger partial charge in [-0.3, -0.25) is 0 Å². The molecule has 1 aliphatic rings. The van der Waals surface area contributed by atoms with Crippen molar-refractivity contribution >= 4 is 17.9 Å². The van der Waals surface area contributed by atoms with Crippen molar-refractivity contribution in [1.82, 2.24) is 10.2 Å². The van der Waals surface area contributed by atoms with Gasteiger partial charge in [0.15, 0.2) is 0 Å². The van der Waals surface area contributed by atoms with Gasteiger partial charge in [-0.2, -0.15) is 0 Å². The van der Waals surface area contributed by atoms with Gasteiger partial charge in [-0.05, 0) is 41.5 Å². The third-order valence-corrected chi connectivity index (χ3v) is 3.33. The van der Waals surface area contributed by atoms with Crippen LogP contribution >= 0.6 is 0 Å². The highest BCUT2D eigenvalue weighted by atomic mass is 16.6. The van der Waals surface area contributed by atoms with Crippen molar-refractivity contribution in [1.29, 1.82) is 0 Å². The Morgan fingerprint density at radius 3 is 2.41 bits per heavy atom. The molecule has 0 aliphatic carbocycles. The van der Waals surface area contributed by atoms with Gasteiger partial charge in [-0.25, -0.2) is 9.59 Å². The van der Waals surface area contributed by atoms with Crippen LogP contribution in [0.2, 0.25) is 0 Å². The van der Waals surface area contributed by atoms with E-state index in [4.69, 9.17) is 20.7 Å². The number of nitrogens with one attached hydrogen (secondary N) is 1. The summed E-state index contributed by atoms with van der Waals surface area (Å²) in [4.78, 5) is 31.0. The van der Waals surface area contributed by atoms with E-state index in [0.29, 0.717) is 25.3 Å². The summed E-state index contributed by atoms with van der Waals surface area (Å²) in [6, 6.07) is 0. The molecular formula is C19H31N3O5. The Kier molecular flexibility index (Phi) is 7.95. The van der Waals surface area contributed by atoms with Gasteiger partial charge in [0.2, 0.25) is 0 Å². The molecule has 0 saturated carbocycles. The van der Waals surface area contributed by atoms with E-state index in [1.54, 1.807) is 41.5 Å². The highest BCUT2D eigenvalue weighted by Gasteiger charge is 2.35. The van der Waals surface area contributed by atoms with Gasteiger partial charge < -0.3 is 24.5 Å². The van der Waals surface area contributed by atoms with E-state index in [9.17, 15) is 9.59 Å². The van der Waals surface area contributed by atoms with Crippen LogP contribution in [0, 0.1) is 18.3 Å². The van der Waals surface area contributed by atoms with E-state index >= 15 is 0 Å². The molecule has 1 atom stereocenters. The Bertz CT molecular complexity index is 596. The highest BCUT2D eigenvalue weighted by molar-refractivity contribution is 5.94. The summed E-state index contributed by atoms with van der Waals surface area (Å²) in [7, 11) is 0. The molecule has 1 heterocycles. The zero-order chi connectivity index (χ0) is 20.7. The Morgan fingerprint density at radius 2 is 1.85 bits per heavy atom. The van der Waals surface area contributed by atoms with Crippen molar-refractivity contribution in [3.63, 3.8) is 0 Å². The fourth-order valence-electron chi connectivity index (χ4n) is 2.27. The molecule has 2 amide bonds. The lowest BCUT2D eigenvalue weighted by atomic mass is 10.1. The first-order chi connectivity index (χ1) is 12.4. The Hall–Kier alpha value is -2.43. The van der Waals surface area contributed by atoms with Gasteiger partial charge in [0.1, 0.15) is 17.8 Å². The van der Waals surface area contributed by atoms with E-state index in [2.05, 4.69) is 16.4 Å². The lowest BCUT2D eigenvalue weighted by Crippen LogP contribution is -2.38. The minimum atomic E-state index is -0.593. The van der Waals surface area contributed by atoms with E-state index in [1.165, 1.54) is 4.90 Å². The number of oxime groups is 1. The fraction of sp³-hybridized carbons (Fsp3) is 0.737. The molecule has 0 aromatic heterocycles. The molecule has 1 unspecified atom stereocenters. The predicted molar refractivity (Wildman–Crippen MR) is 102 cm³/mol. The summed E-state index contributed by atoms with van der Waals surface area (Å²) in [5, 5.41) is 6.82. The molecular weight excluding hydrogens is 350 g/mol. The maximum absolute atomic E-state index is 12.3. The fourth-order valence-corrected chi connectivity index (χ4v) is 2.27. The number of amides is 2. The van der Waals surface area contributed by atoms with Crippen LogP contribution < -0.4 is 5.32 Å². The summed E-state index contributed by atoms with van der Waals surface area (Å²) in [6.07, 6.45) is 4.68. The standard InChI is InChI=1S/C19H31N3O5/c1-8-9-10-25-21-15-13-22(17(24)27-19(5,6)7)12-14(15)11-20-16(23)26-18(2,3)4/h1,14H,9-13H2,2-7H3,(H,20,23). The third kappa shape index (κ3) is 9.18. The van der Waals surface area contributed by atoms with E-state index in [-0.39, 0.29) is 19.0 Å². The van der Waals surface area contributed by atoms with Crippen molar-refractivity contribution in [3.8, 4) is 12.3 Å². The van der Waals surface area contributed by atoms with Gasteiger partial charge in [-0.1, -0.05) is 5.16 Å². The molecule has 1 N–H and O–H groups in total. The second-order valence-electron chi connectivity index (χ2n) is 8.31. The van der Waals surface area contributed by atoms with Gasteiger partial charge in [-0.15, -0.1) is 12.3 Å². The van der Waals surface area contributed by atoms with Crippen LogP contribution in [-0.2, 0) is 14.3 Å². The van der Waals surface area contributed by atoms with Crippen molar-refractivity contribution in [2.75, 3.05) is 26.2 Å². The number of likely N-dealkylation sites (tertiary alicyclic amines) is 1. The molecule has 0 spiro atoms. The van der Waals surface area contributed by atoms with Crippen molar-refractivity contribution in [2.24, 2.45) is 11.1 Å². The quantitative estimate of drug-likeness (QED) is 0.449. The molecule has 27 heavy (non-hydrogen) atoms. The van der Waals surface area contributed by atoms with Gasteiger partial charge in [0.25, 0.3) is 0 Å². The van der Waals surface area contributed by atoms with Crippen LogP contribution in [0.25, 0.3) is 0 Å². The van der Waals surface area contributed by atoms with Crippen LogP contribution in [0.5, 0.6) is 0 Å². The molecule has 0 bridgehead atoms. The molecule has 0 aromatic rings. The molecule has 1 aliphatic heterocycles. The molecule has 1 saturated heterocycles. The first-order valence-electron chi connectivity index (χ1n) is 8.98. The number of nitrogens with zero attached hydrogens (tertiary/aromatic N) is 2. The smallest absolute Gasteiger partial charge is 0.410 e. The number of ether oxygens (including phenoxy) is 2. The topological polar surface area (TPSA) is 89.5 Å². The van der Waals surface area contributed by atoms with E-state index < -0.39 is 23.4 Å². The van der Waals surface area contributed by atoms with E-state index in [1.807, 2.05) is 0 Å². The molecule has 8 heteroatoms. The lowest BCUT2D eigenvalue weighted by molar-refractivity contribution is 0.0292. The van der Waals surface area contributed by atoms with Crippen LogP contribution in [0.15, 0.2) is 5.16 Å². The largest absolute Gasteiger partial charge is 0.444 e. The first kappa shape index (κ1) is 22.6. The molecule has 152 valence electrons. The molecule has 8 nitrogen and oxygen atoms in total. The average molecular weight is 381 g/mol. The lowest BCUT2D eigenvalue weighted by Gasteiger charge is -2.24. The second kappa shape index (κ2) is 9.49. The molecule has 0 radical (unpaired) electrons. The number of alkyl carbamates (subject to hydrolysis) is 1. The van der Waals surface area contributed by atoms with Gasteiger partial charge in [0, 0.05) is 25.4 Å². The summed E-state index contributed by atoms with van der Waals surface area (Å²) in [5.74, 6) is 2.27. The third-order valence-electron chi connectivity index (χ3n) is 3.33. The van der Waals surface area contributed by atoms with Crippen molar-refractivity contribution in [3.05, 3.63) is 0 Å². The minimum absolute atomic E-state index is 0.198. The summed E-state index contributed by atoms with van der Waals surface area (Å²) in [5.41, 5.74) is -0.531. The average Bonchev–Trinajstić information content (AvgIpc) is 2.89. The van der Waals surface area contributed by atoms with Crippen LogP contribution in [0.4, 0.5) is 9.59 Å². The maximum Gasteiger partial charge on any atom is 0.410 e. The second-order valence-corrected chi connectivity index (χ2v) is 8.31. The Morgan fingerprint density at radius 1 is 1.22 bits per heavy atom. The number of terminal acetylenes is 1. The SMILES string of the molecule is C#CCCON=C1CN(C(=O)OC(C)(C)C)CC1CNC(=O)OC(C)(C)C. The van der Waals surface area contributed by atoms with Crippen molar-refractivity contribution in [2.45, 2.75) is 59.2 Å². The first-order valence-corrected chi connectivity index (χ1v) is 8.98. The molecule has 1 fully saturated rings. The molecule has 0 aromatic carbocycles. The molecule has 1 rings (SSSR count). The predicted octanol–water partition coefficient (Wildman–Crippen LogP) is 2.77. The Balaban J connectivity index is 2.73. The minimum Gasteiger partial charge on any atom is -0.444 e. The number of rotatable bonds is 5. The Labute approximate surface area is 161 Å². The number of carbonyl (C=O) groups excluding carboxylic acids is 2. The monoisotopic (exact) mass is 381 g/mol. The van der Waals surface area contributed by atoms with Crippen molar-refractivity contribution < 1.29 is 23.9 Å². The van der Waals surface area contributed by atoms with Crippen LogP contribution in [0.1, 0.15) is 48.0 Å². The van der Waals surface area contributed by atoms with Gasteiger partial charge in [0.05, 0.1) is 12.3 Å². The van der Waals surface area contributed by atoms with Gasteiger partial charge >= 0.3 is 12.2 Å². The normalized spacial score (nSPS) is 18.8. The maximum atomic E-state index is 12.3. The highest BCUT2D eigenvalue weighted by Crippen LogP contribution is 2.18. The number of hydrogen-bond donors (Lipinski definition) is 1. The zero-order valence-corrected chi connectivity index (χ0v) is 17.1.